The number of ether oxygens (including phenoxy) is 1. The molecule has 0 aliphatic heterocycles. The lowest BCUT2D eigenvalue weighted by molar-refractivity contribution is 0.380. The molecular weight excluding hydrogens is 370 g/mol. The van der Waals surface area contributed by atoms with E-state index in [0.29, 0.717) is 17.4 Å². The van der Waals surface area contributed by atoms with Crippen LogP contribution in [0.4, 0.5) is 11.5 Å². The summed E-state index contributed by atoms with van der Waals surface area (Å²) >= 11 is 0. The monoisotopic (exact) mass is 389 g/mol. The summed E-state index contributed by atoms with van der Waals surface area (Å²) in [7, 11) is 1.11. The molecule has 3 rings (SSSR count). The average Bonchev–Trinajstić information content (AvgIpc) is 3.08. The number of methoxy groups -OCH3 is 1. The molecule has 0 aliphatic carbocycles. The van der Waals surface area contributed by atoms with E-state index in [1.54, 1.807) is 38.1 Å². The smallest absolute Gasteiger partial charge is 0.318 e. The summed E-state index contributed by atoms with van der Waals surface area (Å²) in [6, 6.07) is 6.49. The molecular formula is C17H19N5O4S. The second-order valence-electron chi connectivity index (χ2n) is 5.87. The SMILES string of the molecule is COc1ncc(NS(=O)(=O)c2ccc(-c3coc(C)n3)cc2)c(N(C)C)n1. The van der Waals surface area contributed by atoms with E-state index in [4.69, 9.17) is 9.15 Å². The summed E-state index contributed by atoms with van der Waals surface area (Å²) in [6.45, 7) is 1.74. The van der Waals surface area contributed by atoms with E-state index in [1.807, 2.05) is 0 Å². The third-order valence-corrected chi connectivity index (χ3v) is 5.06. The lowest BCUT2D eigenvalue weighted by atomic mass is 10.2. The molecule has 3 aromatic rings. The fourth-order valence-corrected chi connectivity index (χ4v) is 3.42. The Hall–Kier alpha value is -3.14. The van der Waals surface area contributed by atoms with Gasteiger partial charge in [0.2, 0.25) is 0 Å². The van der Waals surface area contributed by atoms with Crippen LogP contribution in [0.25, 0.3) is 11.3 Å². The molecule has 0 saturated carbocycles. The molecule has 0 saturated heterocycles. The van der Waals surface area contributed by atoms with Gasteiger partial charge in [-0.2, -0.15) is 4.98 Å². The predicted molar refractivity (Wildman–Crippen MR) is 100 cm³/mol. The highest BCUT2D eigenvalue weighted by Crippen LogP contribution is 2.27. The third-order valence-electron chi connectivity index (χ3n) is 3.68. The number of nitrogens with zero attached hydrogens (tertiary/aromatic N) is 4. The number of benzene rings is 1. The first-order valence-corrected chi connectivity index (χ1v) is 9.42. The molecule has 0 aliphatic rings. The Balaban J connectivity index is 1.89. The molecule has 1 aromatic carbocycles. The van der Waals surface area contributed by atoms with E-state index in [-0.39, 0.29) is 16.6 Å². The van der Waals surface area contributed by atoms with Gasteiger partial charge in [-0.05, 0) is 12.1 Å². The molecule has 2 heterocycles. The number of aryl methyl sites for hydroxylation is 1. The highest BCUT2D eigenvalue weighted by molar-refractivity contribution is 7.92. The van der Waals surface area contributed by atoms with Gasteiger partial charge in [-0.1, -0.05) is 12.1 Å². The van der Waals surface area contributed by atoms with Crippen molar-refractivity contribution in [3.8, 4) is 17.3 Å². The van der Waals surface area contributed by atoms with Crippen molar-refractivity contribution in [1.82, 2.24) is 15.0 Å². The zero-order chi connectivity index (χ0) is 19.6. The lowest BCUT2D eigenvalue weighted by Gasteiger charge is -2.17. The summed E-state index contributed by atoms with van der Waals surface area (Å²) in [5.41, 5.74) is 1.65. The molecule has 0 radical (unpaired) electrons. The molecule has 0 atom stereocenters. The maximum Gasteiger partial charge on any atom is 0.318 e. The van der Waals surface area contributed by atoms with E-state index in [0.717, 1.165) is 5.56 Å². The Morgan fingerprint density at radius 3 is 2.41 bits per heavy atom. The van der Waals surface area contributed by atoms with E-state index in [2.05, 4.69) is 19.7 Å². The minimum absolute atomic E-state index is 0.104. The van der Waals surface area contributed by atoms with Crippen LogP contribution in [0.3, 0.4) is 0 Å². The van der Waals surface area contributed by atoms with Crippen molar-refractivity contribution in [2.24, 2.45) is 0 Å². The van der Waals surface area contributed by atoms with Crippen molar-refractivity contribution >= 4 is 21.5 Å². The standard InChI is InChI=1S/C17H19N5O4S/c1-11-19-15(10-26-11)12-5-7-13(8-6-12)27(23,24)21-14-9-18-17(25-4)20-16(14)22(2)3/h5-10,21H,1-4H3. The quantitative estimate of drug-likeness (QED) is 0.684. The first kappa shape index (κ1) is 18.6. The van der Waals surface area contributed by atoms with Crippen molar-refractivity contribution < 1.29 is 17.6 Å². The minimum Gasteiger partial charge on any atom is -0.467 e. The molecule has 27 heavy (non-hydrogen) atoms. The zero-order valence-electron chi connectivity index (χ0n) is 15.3. The van der Waals surface area contributed by atoms with Crippen molar-refractivity contribution in [2.45, 2.75) is 11.8 Å². The van der Waals surface area contributed by atoms with Crippen LogP contribution in [0.1, 0.15) is 5.89 Å². The predicted octanol–water partition coefficient (Wildman–Crippen LogP) is 2.32. The number of nitrogens with one attached hydrogen (secondary N) is 1. The highest BCUT2D eigenvalue weighted by Gasteiger charge is 2.19. The van der Waals surface area contributed by atoms with Crippen LogP contribution in [-0.4, -0.2) is 44.6 Å². The van der Waals surface area contributed by atoms with Crippen LogP contribution in [0.2, 0.25) is 0 Å². The van der Waals surface area contributed by atoms with Gasteiger partial charge in [0, 0.05) is 26.6 Å². The number of hydrogen-bond acceptors (Lipinski definition) is 8. The Bertz CT molecular complexity index is 1050. The molecule has 2 aromatic heterocycles. The van der Waals surface area contributed by atoms with Crippen LogP contribution < -0.4 is 14.4 Å². The van der Waals surface area contributed by atoms with E-state index >= 15 is 0 Å². The molecule has 0 bridgehead atoms. The number of rotatable bonds is 6. The van der Waals surface area contributed by atoms with Gasteiger partial charge in [-0.3, -0.25) is 4.72 Å². The molecule has 10 heteroatoms. The first-order valence-electron chi connectivity index (χ1n) is 7.94. The summed E-state index contributed by atoms with van der Waals surface area (Å²) in [4.78, 5) is 14.1. The van der Waals surface area contributed by atoms with Gasteiger partial charge < -0.3 is 14.1 Å². The molecule has 0 amide bonds. The van der Waals surface area contributed by atoms with Crippen molar-refractivity contribution in [1.29, 1.82) is 0 Å². The number of oxazole rings is 1. The zero-order valence-corrected chi connectivity index (χ0v) is 16.1. The average molecular weight is 389 g/mol. The highest BCUT2D eigenvalue weighted by atomic mass is 32.2. The maximum absolute atomic E-state index is 12.7. The topological polar surface area (TPSA) is 110 Å². The maximum atomic E-state index is 12.7. The fourth-order valence-electron chi connectivity index (χ4n) is 2.37. The van der Waals surface area contributed by atoms with E-state index in [1.165, 1.54) is 31.7 Å². The molecule has 142 valence electrons. The van der Waals surface area contributed by atoms with Crippen LogP contribution in [0, 0.1) is 6.92 Å². The van der Waals surface area contributed by atoms with Gasteiger partial charge in [0.15, 0.2) is 11.7 Å². The Morgan fingerprint density at radius 1 is 1.15 bits per heavy atom. The summed E-state index contributed by atoms with van der Waals surface area (Å²) < 4.78 is 38.2. The number of sulfonamides is 1. The summed E-state index contributed by atoms with van der Waals surface area (Å²) in [6.07, 6.45) is 2.89. The van der Waals surface area contributed by atoms with Gasteiger partial charge in [-0.15, -0.1) is 0 Å². The van der Waals surface area contributed by atoms with Crippen molar-refractivity contribution in [3.63, 3.8) is 0 Å². The molecule has 9 nitrogen and oxygen atoms in total. The van der Waals surface area contributed by atoms with Gasteiger partial charge >= 0.3 is 6.01 Å². The van der Waals surface area contributed by atoms with Gasteiger partial charge in [-0.25, -0.2) is 18.4 Å². The normalized spacial score (nSPS) is 11.3. The Labute approximate surface area is 157 Å². The van der Waals surface area contributed by atoms with Crippen LogP contribution >= 0.6 is 0 Å². The number of aromatic nitrogens is 3. The van der Waals surface area contributed by atoms with Crippen LogP contribution in [0.15, 0.2) is 46.0 Å². The Morgan fingerprint density at radius 2 is 1.85 bits per heavy atom. The molecule has 1 N–H and O–H groups in total. The number of hydrogen-bond donors (Lipinski definition) is 1. The minimum atomic E-state index is -3.82. The molecule has 0 fully saturated rings. The van der Waals surface area contributed by atoms with E-state index in [9.17, 15) is 8.42 Å². The molecule has 0 spiro atoms. The number of anilines is 2. The second kappa shape index (κ2) is 7.23. The summed E-state index contributed by atoms with van der Waals surface area (Å²) in [5, 5.41) is 0. The van der Waals surface area contributed by atoms with Crippen molar-refractivity contribution in [3.05, 3.63) is 42.6 Å². The van der Waals surface area contributed by atoms with Gasteiger partial charge in [0.25, 0.3) is 10.0 Å². The van der Waals surface area contributed by atoms with Crippen LogP contribution in [-0.2, 0) is 10.0 Å². The largest absolute Gasteiger partial charge is 0.467 e. The second-order valence-corrected chi connectivity index (χ2v) is 7.55. The van der Waals surface area contributed by atoms with Gasteiger partial charge in [0.1, 0.15) is 17.6 Å². The lowest BCUT2D eigenvalue weighted by Crippen LogP contribution is -2.19. The van der Waals surface area contributed by atoms with Crippen molar-refractivity contribution in [2.75, 3.05) is 30.8 Å². The Kier molecular flexibility index (Phi) is 5.00. The third kappa shape index (κ3) is 4.00. The fraction of sp³-hybridized carbons (Fsp3) is 0.235. The van der Waals surface area contributed by atoms with Gasteiger partial charge in [0.05, 0.1) is 18.2 Å². The van der Waals surface area contributed by atoms with Crippen LogP contribution in [0.5, 0.6) is 6.01 Å². The first-order chi connectivity index (χ1) is 12.8. The summed E-state index contributed by atoms with van der Waals surface area (Å²) in [5.74, 6) is 0.930. The van der Waals surface area contributed by atoms with E-state index < -0.39 is 10.0 Å². The molecule has 0 unspecified atom stereocenters.